The van der Waals surface area contributed by atoms with Crippen molar-refractivity contribution >= 4 is 17.3 Å². The van der Waals surface area contributed by atoms with E-state index in [2.05, 4.69) is 4.90 Å². The Balaban J connectivity index is 1.48. The maximum absolute atomic E-state index is 12.7. The third kappa shape index (κ3) is 3.98. The third-order valence-corrected chi connectivity index (χ3v) is 6.09. The Morgan fingerprint density at radius 3 is 2.46 bits per heavy atom. The molecule has 152 valence electrons. The van der Waals surface area contributed by atoms with Gasteiger partial charge in [0.05, 0.1) is 24.2 Å². The number of nitro benzene ring substituents is 1. The Labute approximate surface area is 164 Å². The number of amides is 1. The molecule has 1 aromatic rings. The van der Waals surface area contributed by atoms with Crippen LogP contribution in [0, 0.1) is 16.0 Å². The zero-order valence-electron chi connectivity index (χ0n) is 16.0. The van der Waals surface area contributed by atoms with Gasteiger partial charge in [-0.2, -0.15) is 0 Å². The number of carbonyl (C=O) groups is 1. The van der Waals surface area contributed by atoms with Gasteiger partial charge in [0.1, 0.15) is 5.69 Å². The molecule has 3 fully saturated rings. The number of benzene rings is 1. The molecule has 3 heterocycles. The lowest BCUT2D eigenvalue weighted by atomic mass is 9.89. The lowest BCUT2D eigenvalue weighted by molar-refractivity contribution is -0.384. The first-order valence-corrected chi connectivity index (χ1v) is 10.2. The summed E-state index contributed by atoms with van der Waals surface area (Å²) in [5.41, 5.74) is 0.982. The van der Waals surface area contributed by atoms with Crippen molar-refractivity contribution in [3.8, 4) is 0 Å². The molecule has 0 saturated carbocycles. The molecule has 0 aromatic heterocycles. The molecule has 8 heteroatoms. The van der Waals surface area contributed by atoms with Gasteiger partial charge >= 0.3 is 0 Å². The fourth-order valence-corrected chi connectivity index (χ4v) is 4.51. The average molecular weight is 389 g/mol. The van der Waals surface area contributed by atoms with Crippen LogP contribution in [0.2, 0.25) is 0 Å². The second kappa shape index (κ2) is 8.45. The van der Waals surface area contributed by atoms with Crippen LogP contribution in [0.15, 0.2) is 18.2 Å². The molecule has 1 atom stereocenters. The molecule has 4 rings (SSSR count). The number of nitrogens with zero attached hydrogens (tertiary/aromatic N) is 3. The van der Waals surface area contributed by atoms with Crippen LogP contribution >= 0.6 is 0 Å². The first-order valence-electron chi connectivity index (χ1n) is 10.2. The minimum absolute atomic E-state index is 0.00896. The molecule has 0 radical (unpaired) electrons. The van der Waals surface area contributed by atoms with Crippen LogP contribution in [0.1, 0.15) is 36.0 Å². The number of hydrogen-bond acceptors (Lipinski definition) is 6. The molecular formula is C20H27N3O5. The van der Waals surface area contributed by atoms with E-state index in [1.807, 2.05) is 0 Å². The summed E-state index contributed by atoms with van der Waals surface area (Å²) in [4.78, 5) is 27.8. The lowest BCUT2D eigenvalue weighted by Crippen LogP contribution is -2.40. The van der Waals surface area contributed by atoms with E-state index >= 15 is 0 Å². The van der Waals surface area contributed by atoms with Crippen molar-refractivity contribution in [2.75, 3.05) is 50.9 Å². The van der Waals surface area contributed by atoms with Crippen molar-refractivity contribution in [3.05, 3.63) is 33.9 Å². The summed E-state index contributed by atoms with van der Waals surface area (Å²) >= 11 is 0. The SMILES string of the molecule is O=C(c1ccc(N2CCC(C3CCCO3)CC2)c([N+](=O)[O-])c1)N1CCOCC1. The van der Waals surface area contributed by atoms with Gasteiger partial charge in [-0.3, -0.25) is 14.9 Å². The van der Waals surface area contributed by atoms with Gasteiger partial charge in [0.25, 0.3) is 11.6 Å². The smallest absolute Gasteiger partial charge is 0.293 e. The van der Waals surface area contributed by atoms with E-state index in [-0.39, 0.29) is 16.5 Å². The standard InChI is InChI=1S/C20H27N3O5/c24-20(22-9-12-27-13-10-22)16-3-4-17(18(14-16)23(25)26)21-7-5-15(6-8-21)19-2-1-11-28-19/h3-4,14-15,19H,1-2,5-13H2. The molecule has 0 bridgehead atoms. The van der Waals surface area contributed by atoms with E-state index in [1.165, 1.54) is 6.07 Å². The van der Waals surface area contributed by atoms with Crippen molar-refractivity contribution in [2.45, 2.75) is 31.8 Å². The van der Waals surface area contributed by atoms with Gasteiger partial charge in [-0.1, -0.05) is 0 Å². The molecule has 1 amide bonds. The van der Waals surface area contributed by atoms with Crippen molar-refractivity contribution in [3.63, 3.8) is 0 Å². The normalized spacial score (nSPS) is 23.8. The lowest BCUT2D eigenvalue weighted by Gasteiger charge is -2.35. The highest BCUT2D eigenvalue weighted by molar-refractivity contribution is 5.96. The Hall–Kier alpha value is -2.19. The predicted octanol–water partition coefficient (Wildman–Crippen LogP) is 2.46. The molecule has 0 N–H and O–H groups in total. The van der Waals surface area contributed by atoms with Crippen molar-refractivity contribution in [1.82, 2.24) is 4.90 Å². The molecule has 28 heavy (non-hydrogen) atoms. The summed E-state index contributed by atoms with van der Waals surface area (Å²) in [6, 6.07) is 4.88. The van der Waals surface area contributed by atoms with Crippen LogP contribution in [0.3, 0.4) is 0 Å². The first-order chi connectivity index (χ1) is 13.6. The molecular weight excluding hydrogens is 362 g/mol. The van der Waals surface area contributed by atoms with Gasteiger partial charge in [-0.15, -0.1) is 0 Å². The van der Waals surface area contributed by atoms with Crippen LogP contribution < -0.4 is 4.90 Å². The summed E-state index contributed by atoms with van der Waals surface area (Å²) in [6.45, 7) is 4.46. The number of nitro groups is 1. The van der Waals surface area contributed by atoms with E-state index in [0.717, 1.165) is 45.4 Å². The highest BCUT2D eigenvalue weighted by Crippen LogP contribution is 2.35. The number of rotatable bonds is 4. The summed E-state index contributed by atoms with van der Waals surface area (Å²) in [5, 5.41) is 11.7. The third-order valence-electron chi connectivity index (χ3n) is 6.09. The summed E-state index contributed by atoms with van der Waals surface area (Å²) in [5.74, 6) is 0.370. The van der Waals surface area contributed by atoms with Gasteiger partial charge in [0.15, 0.2) is 0 Å². The zero-order chi connectivity index (χ0) is 19.5. The second-order valence-corrected chi connectivity index (χ2v) is 7.74. The number of carbonyl (C=O) groups excluding carboxylic acids is 1. The number of hydrogen-bond donors (Lipinski definition) is 0. The highest BCUT2D eigenvalue weighted by atomic mass is 16.6. The number of piperidine rings is 1. The minimum Gasteiger partial charge on any atom is -0.378 e. The second-order valence-electron chi connectivity index (χ2n) is 7.74. The van der Waals surface area contributed by atoms with Gasteiger partial charge < -0.3 is 19.3 Å². The Morgan fingerprint density at radius 2 is 1.82 bits per heavy atom. The fourth-order valence-electron chi connectivity index (χ4n) is 4.51. The number of morpholine rings is 1. The molecule has 0 spiro atoms. The zero-order valence-corrected chi connectivity index (χ0v) is 16.0. The Morgan fingerprint density at radius 1 is 1.07 bits per heavy atom. The van der Waals surface area contributed by atoms with Crippen molar-refractivity contribution in [1.29, 1.82) is 0 Å². The fraction of sp³-hybridized carbons (Fsp3) is 0.650. The maximum Gasteiger partial charge on any atom is 0.293 e. The van der Waals surface area contributed by atoms with E-state index in [0.29, 0.717) is 49.6 Å². The molecule has 1 aromatic carbocycles. The van der Waals surface area contributed by atoms with Crippen LogP contribution in [0.4, 0.5) is 11.4 Å². The average Bonchev–Trinajstić information content (AvgIpc) is 3.28. The molecule has 3 saturated heterocycles. The van der Waals surface area contributed by atoms with E-state index in [1.54, 1.807) is 17.0 Å². The quantitative estimate of drug-likeness (QED) is 0.581. The minimum atomic E-state index is -0.377. The summed E-state index contributed by atoms with van der Waals surface area (Å²) < 4.78 is 11.1. The van der Waals surface area contributed by atoms with E-state index < -0.39 is 0 Å². The first kappa shape index (κ1) is 19.1. The van der Waals surface area contributed by atoms with Crippen LogP contribution in [-0.2, 0) is 9.47 Å². The maximum atomic E-state index is 12.7. The van der Waals surface area contributed by atoms with Crippen molar-refractivity contribution < 1.29 is 19.2 Å². The monoisotopic (exact) mass is 389 g/mol. The van der Waals surface area contributed by atoms with E-state index in [4.69, 9.17) is 9.47 Å². The predicted molar refractivity (Wildman–Crippen MR) is 104 cm³/mol. The molecule has 0 aliphatic carbocycles. The van der Waals surface area contributed by atoms with Gasteiger partial charge in [-0.05, 0) is 43.7 Å². The van der Waals surface area contributed by atoms with Crippen LogP contribution in [0.25, 0.3) is 0 Å². The molecule has 8 nitrogen and oxygen atoms in total. The highest BCUT2D eigenvalue weighted by Gasteiger charge is 2.32. The van der Waals surface area contributed by atoms with Gasteiger partial charge in [0, 0.05) is 44.4 Å². The molecule has 3 aliphatic heterocycles. The summed E-state index contributed by atoms with van der Waals surface area (Å²) in [7, 11) is 0. The topological polar surface area (TPSA) is 85.2 Å². The Bertz CT molecular complexity index is 721. The largest absolute Gasteiger partial charge is 0.378 e. The van der Waals surface area contributed by atoms with Crippen molar-refractivity contribution in [2.24, 2.45) is 5.92 Å². The van der Waals surface area contributed by atoms with Gasteiger partial charge in [0.2, 0.25) is 0 Å². The molecule has 3 aliphatic rings. The van der Waals surface area contributed by atoms with E-state index in [9.17, 15) is 14.9 Å². The Kier molecular flexibility index (Phi) is 5.77. The summed E-state index contributed by atoms with van der Waals surface area (Å²) in [6.07, 6.45) is 4.58. The molecule has 1 unspecified atom stereocenters. The van der Waals surface area contributed by atoms with Crippen LogP contribution in [0.5, 0.6) is 0 Å². The van der Waals surface area contributed by atoms with Gasteiger partial charge in [-0.25, -0.2) is 0 Å². The number of ether oxygens (including phenoxy) is 2. The van der Waals surface area contributed by atoms with Crippen LogP contribution in [-0.4, -0.2) is 67.8 Å². The number of anilines is 1.